The van der Waals surface area contributed by atoms with E-state index < -0.39 is 0 Å². The molecule has 0 bridgehead atoms. The lowest BCUT2D eigenvalue weighted by molar-refractivity contribution is -0.115. The lowest BCUT2D eigenvalue weighted by Crippen LogP contribution is -2.14. The molecule has 2 heterocycles. The average molecular weight is 639 g/mol. The minimum Gasteiger partial charge on any atom is -0.334 e. The molecule has 0 saturated heterocycles. The summed E-state index contributed by atoms with van der Waals surface area (Å²) in [5.41, 5.74) is 6.38. The number of nitrogens with zero attached hydrogens (tertiary/aromatic N) is 4. The Bertz CT molecular complexity index is 1370. The molecule has 7 nitrogen and oxygen atoms in total. The summed E-state index contributed by atoms with van der Waals surface area (Å²) in [6.07, 6.45) is 11.7. The number of carbonyl (C=O) groups is 1. The number of hydrogen-bond acceptors (Lipinski definition) is 8. The number of aryl methyl sites for hydroxylation is 1. The number of rotatable bonds is 10. The van der Waals surface area contributed by atoms with Crippen molar-refractivity contribution in [2.45, 2.75) is 91.4 Å². The van der Waals surface area contributed by atoms with E-state index in [1.165, 1.54) is 65.9 Å². The Morgan fingerprint density at radius 1 is 0.860 bits per heavy atom. The largest absolute Gasteiger partial charge is 0.334 e. The standard InChI is InChI=1S/C18H23N3OS.C13H14ClN3S.C2H6/c1-2-13-8-10-14(11-9-13)12-16(22)19-18-21-20-17(23-18)15-6-4-3-5-7-15;1-2-3-12(16-13-17-15-9-18-13)8-10-4-6-11(14)7-5-10;1-2/h8-11,15H,2-7,12H2,1H3,(H,19,21,22);3-7,9H,2,8H2,1H3,(H,16,17);1-2H3/b;12-3+;. The van der Waals surface area contributed by atoms with Gasteiger partial charge in [-0.2, -0.15) is 0 Å². The van der Waals surface area contributed by atoms with Crippen LogP contribution in [0.5, 0.6) is 0 Å². The van der Waals surface area contributed by atoms with E-state index in [2.05, 4.69) is 63.1 Å². The molecule has 230 valence electrons. The Hall–Kier alpha value is -3.14. The Balaban J connectivity index is 0.000000229. The number of nitrogens with one attached hydrogen (secondary N) is 2. The van der Waals surface area contributed by atoms with Gasteiger partial charge in [0.1, 0.15) is 10.5 Å². The van der Waals surface area contributed by atoms with Crippen molar-refractivity contribution < 1.29 is 4.79 Å². The molecular weight excluding hydrogens is 596 g/mol. The van der Waals surface area contributed by atoms with Gasteiger partial charge in [-0.1, -0.05) is 124 Å². The molecule has 2 aromatic carbocycles. The highest BCUT2D eigenvalue weighted by atomic mass is 35.5. The highest BCUT2D eigenvalue weighted by molar-refractivity contribution is 7.15. The number of hydrogen-bond donors (Lipinski definition) is 2. The summed E-state index contributed by atoms with van der Waals surface area (Å²) in [5, 5.41) is 25.7. The van der Waals surface area contributed by atoms with Gasteiger partial charge in [0, 0.05) is 23.1 Å². The van der Waals surface area contributed by atoms with Crippen LogP contribution >= 0.6 is 34.3 Å². The molecule has 10 heteroatoms. The molecule has 0 spiro atoms. The van der Waals surface area contributed by atoms with Gasteiger partial charge in [-0.25, -0.2) is 0 Å². The highest BCUT2D eigenvalue weighted by Crippen LogP contribution is 2.35. The molecule has 0 atom stereocenters. The van der Waals surface area contributed by atoms with E-state index in [0.29, 0.717) is 17.5 Å². The molecule has 0 unspecified atom stereocenters. The summed E-state index contributed by atoms with van der Waals surface area (Å²) >= 11 is 8.90. The summed E-state index contributed by atoms with van der Waals surface area (Å²) in [5.74, 6) is 0.508. The normalized spacial score (nSPS) is 13.3. The summed E-state index contributed by atoms with van der Waals surface area (Å²) in [4.78, 5) is 12.1. The lowest BCUT2D eigenvalue weighted by Gasteiger charge is -2.18. The Morgan fingerprint density at radius 3 is 2.14 bits per heavy atom. The number of anilines is 2. The maximum Gasteiger partial charge on any atom is 0.230 e. The first-order valence-electron chi connectivity index (χ1n) is 15.2. The smallest absolute Gasteiger partial charge is 0.230 e. The SMILES string of the molecule is CC.CC/C=C(\Cc1ccc(Cl)cc1)Nc1nncs1.CCc1ccc(CC(=O)Nc2nnc(C3CCCCC3)s2)cc1. The van der Waals surface area contributed by atoms with Crippen LogP contribution < -0.4 is 10.6 Å². The Morgan fingerprint density at radius 2 is 1.51 bits per heavy atom. The zero-order chi connectivity index (χ0) is 30.9. The molecule has 2 N–H and O–H groups in total. The van der Waals surface area contributed by atoms with Gasteiger partial charge in [0.15, 0.2) is 0 Å². The first-order chi connectivity index (χ1) is 21.0. The van der Waals surface area contributed by atoms with Crippen molar-refractivity contribution in [2.24, 2.45) is 0 Å². The van der Waals surface area contributed by atoms with Gasteiger partial charge in [-0.3, -0.25) is 4.79 Å². The molecule has 0 radical (unpaired) electrons. The van der Waals surface area contributed by atoms with Crippen LogP contribution in [0.15, 0.2) is 65.8 Å². The maximum absolute atomic E-state index is 12.1. The molecule has 2 aromatic heterocycles. The van der Waals surface area contributed by atoms with Crippen LogP contribution in [-0.4, -0.2) is 26.3 Å². The number of benzene rings is 2. The first kappa shape index (κ1) is 34.4. The summed E-state index contributed by atoms with van der Waals surface area (Å²) < 4.78 is 0. The summed E-state index contributed by atoms with van der Waals surface area (Å²) in [6.45, 7) is 8.24. The topological polar surface area (TPSA) is 92.7 Å². The van der Waals surface area contributed by atoms with Crippen molar-refractivity contribution in [3.63, 3.8) is 0 Å². The van der Waals surface area contributed by atoms with Crippen LogP contribution in [0, 0.1) is 0 Å². The fourth-order valence-electron chi connectivity index (χ4n) is 4.64. The summed E-state index contributed by atoms with van der Waals surface area (Å²) in [6, 6.07) is 16.1. The molecule has 4 aromatic rings. The third kappa shape index (κ3) is 12.2. The van der Waals surface area contributed by atoms with Crippen molar-refractivity contribution in [1.82, 2.24) is 20.4 Å². The van der Waals surface area contributed by atoms with E-state index in [0.717, 1.165) is 45.7 Å². The molecular formula is C33H43ClN6OS2. The predicted octanol–water partition coefficient (Wildman–Crippen LogP) is 9.50. The lowest BCUT2D eigenvalue weighted by atomic mass is 9.90. The van der Waals surface area contributed by atoms with Crippen molar-refractivity contribution in [2.75, 3.05) is 10.6 Å². The monoisotopic (exact) mass is 638 g/mol. The van der Waals surface area contributed by atoms with Gasteiger partial charge in [0.05, 0.1) is 6.42 Å². The van der Waals surface area contributed by atoms with E-state index in [9.17, 15) is 4.79 Å². The predicted molar refractivity (Wildman–Crippen MR) is 182 cm³/mol. The molecule has 1 aliphatic carbocycles. The van der Waals surface area contributed by atoms with Crippen LogP contribution in [-0.2, 0) is 24.1 Å². The van der Waals surface area contributed by atoms with Gasteiger partial charge >= 0.3 is 0 Å². The molecule has 43 heavy (non-hydrogen) atoms. The van der Waals surface area contributed by atoms with Crippen molar-refractivity contribution in [3.05, 3.63) is 92.5 Å². The molecule has 1 fully saturated rings. The number of halogens is 1. The average Bonchev–Trinajstić information content (AvgIpc) is 3.73. The molecule has 1 saturated carbocycles. The number of carbonyl (C=O) groups excluding carboxylic acids is 1. The number of aromatic nitrogens is 4. The molecule has 1 aliphatic rings. The molecule has 0 aliphatic heterocycles. The molecule has 1 amide bonds. The second kappa shape index (κ2) is 19.2. The van der Waals surface area contributed by atoms with E-state index in [1.807, 2.05) is 50.2 Å². The van der Waals surface area contributed by atoms with E-state index in [-0.39, 0.29) is 5.91 Å². The highest BCUT2D eigenvalue weighted by Gasteiger charge is 2.20. The van der Waals surface area contributed by atoms with E-state index in [1.54, 1.807) is 5.51 Å². The van der Waals surface area contributed by atoms with E-state index in [4.69, 9.17) is 11.6 Å². The zero-order valence-corrected chi connectivity index (χ0v) is 28.0. The minimum atomic E-state index is -0.0272. The van der Waals surface area contributed by atoms with Crippen LogP contribution in [0.4, 0.5) is 10.3 Å². The van der Waals surface area contributed by atoms with Crippen molar-refractivity contribution >= 4 is 50.4 Å². The quantitative estimate of drug-likeness (QED) is 0.180. The van der Waals surface area contributed by atoms with E-state index >= 15 is 0 Å². The zero-order valence-electron chi connectivity index (χ0n) is 25.6. The second-order valence-corrected chi connectivity index (χ2v) is 12.3. The third-order valence-corrected chi connectivity index (χ3v) is 8.68. The van der Waals surface area contributed by atoms with Crippen LogP contribution in [0.1, 0.15) is 93.8 Å². The van der Waals surface area contributed by atoms with Gasteiger partial charge in [-0.15, -0.1) is 20.4 Å². The number of amides is 1. The van der Waals surface area contributed by atoms with Gasteiger partial charge in [0.2, 0.25) is 16.2 Å². The summed E-state index contributed by atoms with van der Waals surface area (Å²) in [7, 11) is 0. The maximum atomic E-state index is 12.1. The second-order valence-electron chi connectivity index (χ2n) is 9.99. The van der Waals surface area contributed by atoms with Crippen molar-refractivity contribution in [1.29, 1.82) is 0 Å². The van der Waals surface area contributed by atoms with Gasteiger partial charge < -0.3 is 10.6 Å². The fourth-order valence-corrected chi connectivity index (χ4v) is 6.18. The van der Waals surface area contributed by atoms with Crippen LogP contribution in [0.3, 0.4) is 0 Å². The van der Waals surface area contributed by atoms with Crippen molar-refractivity contribution in [3.8, 4) is 0 Å². The number of allylic oxidation sites excluding steroid dienone is 2. The van der Waals surface area contributed by atoms with Gasteiger partial charge in [-0.05, 0) is 54.5 Å². The first-order valence-corrected chi connectivity index (χ1v) is 17.3. The minimum absolute atomic E-state index is 0.0272. The van der Waals surface area contributed by atoms with Gasteiger partial charge in [0.25, 0.3) is 0 Å². The third-order valence-electron chi connectivity index (χ3n) is 6.82. The molecule has 5 rings (SSSR count). The van der Waals surface area contributed by atoms with Crippen LogP contribution in [0.25, 0.3) is 0 Å². The Kier molecular flexibility index (Phi) is 15.3. The fraction of sp³-hybridized carbons (Fsp3) is 0.424. The Labute approximate surface area is 269 Å². The van der Waals surface area contributed by atoms with Crippen LogP contribution in [0.2, 0.25) is 5.02 Å².